The minimum Gasteiger partial charge on any atom is -0.385 e. The van der Waals surface area contributed by atoms with E-state index < -0.39 is 0 Å². The Hall–Kier alpha value is -1.91. The molecule has 1 aliphatic heterocycles. The molecule has 0 fully saturated rings. The molecule has 0 unspecified atom stereocenters. The number of rotatable bonds is 2. The average molecular weight is 229 g/mol. The van der Waals surface area contributed by atoms with Crippen molar-refractivity contribution < 1.29 is 0 Å². The van der Waals surface area contributed by atoms with Crippen LogP contribution in [0.25, 0.3) is 0 Å². The highest BCUT2D eigenvalue weighted by Gasteiger charge is 2.10. The Labute approximate surface area is 99.8 Å². The fourth-order valence-electron chi connectivity index (χ4n) is 2.21. The Kier molecular flexibility index (Phi) is 2.51. The number of tetrazole rings is 1. The molecule has 2 heterocycles. The zero-order chi connectivity index (χ0) is 11.7. The number of aryl methyl sites for hydroxylation is 2. The SMILES string of the molecule is Cn1nnc(Cc2ccc3c(c2)CCCN3)n1. The zero-order valence-corrected chi connectivity index (χ0v) is 9.85. The Balaban J connectivity index is 1.84. The third-order valence-corrected chi connectivity index (χ3v) is 3.02. The first-order chi connectivity index (χ1) is 8.31. The molecule has 0 aliphatic carbocycles. The van der Waals surface area contributed by atoms with Gasteiger partial charge in [0.15, 0.2) is 5.82 Å². The van der Waals surface area contributed by atoms with E-state index in [4.69, 9.17) is 0 Å². The second-order valence-corrected chi connectivity index (χ2v) is 4.39. The molecule has 17 heavy (non-hydrogen) atoms. The van der Waals surface area contributed by atoms with Gasteiger partial charge in [-0.15, -0.1) is 10.2 Å². The predicted octanol–water partition coefficient (Wildman–Crippen LogP) is 1.16. The molecule has 1 aliphatic rings. The molecule has 0 spiro atoms. The Bertz CT molecular complexity index is 531. The van der Waals surface area contributed by atoms with Crippen LogP contribution in [-0.2, 0) is 19.9 Å². The summed E-state index contributed by atoms with van der Waals surface area (Å²) in [6.45, 7) is 1.08. The summed E-state index contributed by atoms with van der Waals surface area (Å²) >= 11 is 0. The molecule has 2 aromatic rings. The van der Waals surface area contributed by atoms with Gasteiger partial charge >= 0.3 is 0 Å². The summed E-state index contributed by atoms with van der Waals surface area (Å²) in [6, 6.07) is 6.53. The molecule has 5 heteroatoms. The standard InChI is InChI=1S/C12H15N5/c1-17-15-12(14-16-17)8-9-4-5-11-10(7-9)3-2-6-13-11/h4-5,7,13H,2-3,6,8H2,1H3. The first-order valence-corrected chi connectivity index (χ1v) is 5.90. The molecule has 5 nitrogen and oxygen atoms in total. The molecule has 88 valence electrons. The van der Waals surface area contributed by atoms with E-state index >= 15 is 0 Å². The molecule has 1 aromatic heterocycles. The normalized spacial score (nSPS) is 14.2. The van der Waals surface area contributed by atoms with Gasteiger partial charge in [-0.05, 0) is 35.2 Å². The van der Waals surface area contributed by atoms with Crippen molar-refractivity contribution in [3.8, 4) is 0 Å². The van der Waals surface area contributed by atoms with Crippen LogP contribution in [0, 0.1) is 0 Å². The van der Waals surface area contributed by atoms with E-state index in [9.17, 15) is 0 Å². The van der Waals surface area contributed by atoms with Gasteiger partial charge in [-0.2, -0.15) is 4.80 Å². The molecule has 0 radical (unpaired) electrons. The summed E-state index contributed by atoms with van der Waals surface area (Å²) in [4.78, 5) is 1.50. The van der Waals surface area contributed by atoms with Crippen molar-refractivity contribution in [1.29, 1.82) is 0 Å². The van der Waals surface area contributed by atoms with Gasteiger partial charge in [-0.3, -0.25) is 0 Å². The van der Waals surface area contributed by atoms with Crippen LogP contribution in [0.15, 0.2) is 18.2 Å². The summed E-state index contributed by atoms with van der Waals surface area (Å²) in [5, 5.41) is 15.5. The van der Waals surface area contributed by atoms with Crippen LogP contribution in [-0.4, -0.2) is 26.8 Å². The maximum absolute atomic E-state index is 4.20. The van der Waals surface area contributed by atoms with Gasteiger partial charge in [-0.25, -0.2) is 0 Å². The second-order valence-electron chi connectivity index (χ2n) is 4.39. The molecule has 0 bridgehead atoms. The molecular weight excluding hydrogens is 214 g/mol. The number of fused-ring (bicyclic) bond motifs is 1. The van der Waals surface area contributed by atoms with Crippen molar-refractivity contribution in [2.24, 2.45) is 7.05 Å². The Morgan fingerprint density at radius 3 is 3.18 bits per heavy atom. The minimum absolute atomic E-state index is 0.751. The first kappa shape index (κ1) is 10.3. The van der Waals surface area contributed by atoms with E-state index in [-0.39, 0.29) is 0 Å². The van der Waals surface area contributed by atoms with Gasteiger partial charge in [-0.1, -0.05) is 12.1 Å². The highest BCUT2D eigenvalue weighted by molar-refractivity contribution is 5.54. The van der Waals surface area contributed by atoms with E-state index in [1.54, 1.807) is 7.05 Å². The largest absolute Gasteiger partial charge is 0.385 e. The van der Waals surface area contributed by atoms with Gasteiger partial charge in [0, 0.05) is 18.7 Å². The lowest BCUT2D eigenvalue weighted by molar-refractivity contribution is 0.628. The van der Waals surface area contributed by atoms with Crippen LogP contribution in [0.5, 0.6) is 0 Å². The van der Waals surface area contributed by atoms with Crippen molar-refractivity contribution in [2.75, 3.05) is 11.9 Å². The number of anilines is 1. The third-order valence-electron chi connectivity index (χ3n) is 3.02. The lowest BCUT2D eigenvalue weighted by Crippen LogP contribution is -2.11. The monoisotopic (exact) mass is 229 g/mol. The quantitative estimate of drug-likeness (QED) is 0.839. The highest BCUT2D eigenvalue weighted by Crippen LogP contribution is 2.23. The zero-order valence-electron chi connectivity index (χ0n) is 9.85. The number of nitrogens with one attached hydrogen (secondary N) is 1. The number of nitrogens with zero attached hydrogens (tertiary/aromatic N) is 4. The molecule has 0 atom stereocenters. The third kappa shape index (κ3) is 2.13. The maximum atomic E-state index is 4.20. The summed E-state index contributed by atoms with van der Waals surface area (Å²) < 4.78 is 0. The van der Waals surface area contributed by atoms with Crippen LogP contribution < -0.4 is 5.32 Å². The van der Waals surface area contributed by atoms with E-state index in [0.29, 0.717) is 0 Å². The van der Waals surface area contributed by atoms with Gasteiger partial charge in [0.2, 0.25) is 0 Å². The van der Waals surface area contributed by atoms with Crippen LogP contribution in [0.1, 0.15) is 23.4 Å². The van der Waals surface area contributed by atoms with Crippen LogP contribution in [0.4, 0.5) is 5.69 Å². The summed E-state index contributed by atoms with van der Waals surface area (Å²) in [7, 11) is 1.78. The Morgan fingerprint density at radius 1 is 1.41 bits per heavy atom. The minimum atomic E-state index is 0.751. The second kappa shape index (κ2) is 4.16. The summed E-state index contributed by atoms with van der Waals surface area (Å²) in [6.07, 6.45) is 3.12. The Morgan fingerprint density at radius 2 is 2.35 bits per heavy atom. The van der Waals surface area contributed by atoms with Crippen molar-refractivity contribution >= 4 is 5.69 Å². The molecule has 1 aromatic carbocycles. The predicted molar refractivity (Wildman–Crippen MR) is 64.9 cm³/mol. The smallest absolute Gasteiger partial charge is 0.179 e. The van der Waals surface area contributed by atoms with Crippen molar-refractivity contribution in [3.63, 3.8) is 0 Å². The topological polar surface area (TPSA) is 55.6 Å². The molecule has 0 saturated heterocycles. The fraction of sp³-hybridized carbons (Fsp3) is 0.417. The maximum Gasteiger partial charge on any atom is 0.179 e. The van der Waals surface area contributed by atoms with Gasteiger partial charge in [0.1, 0.15) is 0 Å². The highest BCUT2D eigenvalue weighted by atomic mass is 15.6. The van der Waals surface area contributed by atoms with Crippen LogP contribution >= 0.6 is 0 Å². The van der Waals surface area contributed by atoms with Crippen LogP contribution in [0.2, 0.25) is 0 Å². The lowest BCUT2D eigenvalue weighted by Gasteiger charge is -2.18. The first-order valence-electron chi connectivity index (χ1n) is 5.90. The van der Waals surface area contributed by atoms with Gasteiger partial charge in [0.05, 0.1) is 7.05 Å². The number of hydrogen-bond donors (Lipinski definition) is 1. The van der Waals surface area contributed by atoms with Crippen molar-refractivity contribution in [2.45, 2.75) is 19.3 Å². The van der Waals surface area contributed by atoms with Crippen LogP contribution in [0.3, 0.4) is 0 Å². The summed E-state index contributed by atoms with van der Waals surface area (Å²) in [5.74, 6) is 0.774. The number of aromatic nitrogens is 4. The van der Waals surface area contributed by atoms with E-state index in [2.05, 4.69) is 38.9 Å². The van der Waals surface area contributed by atoms with E-state index in [1.165, 1.54) is 28.0 Å². The molecule has 1 N–H and O–H groups in total. The lowest BCUT2D eigenvalue weighted by atomic mass is 9.99. The van der Waals surface area contributed by atoms with Gasteiger partial charge < -0.3 is 5.32 Å². The molecular formula is C12H15N5. The molecule has 3 rings (SSSR count). The number of hydrogen-bond acceptors (Lipinski definition) is 4. The fourth-order valence-corrected chi connectivity index (χ4v) is 2.21. The average Bonchev–Trinajstić information content (AvgIpc) is 2.75. The molecule has 0 amide bonds. The van der Waals surface area contributed by atoms with Crippen molar-refractivity contribution in [1.82, 2.24) is 20.2 Å². The summed E-state index contributed by atoms with van der Waals surface area (Å²) in [5.41, 5.74) is 3.92. The van der Waals surface area contributed by atoms with Crippen molar-refractivity contribution in [3.05, 3.63) is 35.2 Å². The molecule has 0 saturated carbocycles. The van der Waals surface area contributed by atoms with Gasteiger partial charge in [0.25, 0.3) is 0 Å². The van der Waals surface area contributed by atoms with E-state index in [0.717, 1.165) is 25.2 Å². The van der Waals surface area contributed by atoms with E-state index in [1.807, 2.05) is 0 Å². The number of benzene rings is 1.